The van der Waals surface area contributed by atoms with Crippen LogP contribution in [0.25, 0.3) is 22.5 Å². The zero-order valence-electron chi connectivity index (χ0n) is 16.3. The van der Waals surface area contributed by atoms with E-state index in [2.05, 4.69) is 4.98 Å². The first-order valence-electron chi connectivity index (χ1n) is 9.30. The van der Waals surface area contributed by atoms with E-state index in [-0.39, 0.29) is 16.8 Å². The van der Waals surface area contributed by atoms with E-state index in [0.717, 1.165) is 6.08 Å². The highest BCUT2D eigenvalue weighted by atomic mass is 19.3. The maximum atomic E-state index is 14.9. The van der Waals surface area contributed by atoms with Crippen LogP contribution >= 0.6 is 0 Å². The normalized spacial score (nSPS) is 16.2. The molecule has 0 saturated carbocycles. The Morgan fingerprint density at radius 1 is 1.23 bits per heavy atom. The number of imidazole rings is 1. The number of hydrogen-bond acceptors (Lipinski definition) is 3. The van der Waals surface area contributed by atoms with Gasteiger partial charge in [-0.05, 0) is 43.2 Å². The summed E-state index contributed by atoms with van der Waals surface area (Å²) in [5.74, 6) is -3.65. The number of alkyl halides is 2. The van der Waals surface area contributed by atoms with Crippen molar-refractivity contribution in [3.8, 4) is 17.3 Å². The topological polar surface area (TPSA) is 61.3 Å². The quantitative estimate of drug-likeness (QED) is 0.644. The van der Waals surface area contributed by atoms with E-state index in [1.54, 1.807) is 34.9 Å². The predicted octanol–water partition coefficient (Wildman–Crippen LogP) is 5.24. The molecule has 1 N–H and O–H groups in total. The molecule has 0 unspecified atom stereocenters. The van der Waals surface area contributed by atoms with Crippen molar-refractivity contribution >= 4 is 11.2 Å². The van der Waals surface area contributed by atoms with Gasteiger partial charge in [0.15, 0.2) is 11.5 Å². The van der Waals surface area contributed by atoms with Gasteiger partial charge in [-0.3, -0.25) is 4.40 Å². The molecule has 1 aliphatic rings. The van der Waals surface area contributed by atoms with E-state index in [1.165, 1.54) is 32.2 Å². The molecular formula is C23H18F3N3O. The Morgan fingerprint density at radius 3 is 2.67 bits per heavy atom. The molecule has 4 rings (SSSR count). The molecule has 7 heteroatoms. The molecule has 3 aromatic rings. The fraction of sp³-hybridized carbons (Fsp3) is 0.217. The maximum absolute atomic E-state index is 14.9. The van der Waals surface area contributed by atoms with Crippen LogP contribution in [-0.4, -0.2) is 20.4 Å². The number of fused-ring (bicyclic) bond motifs is 1. The van der Waals surface area contributed by atoms with Crippen LogP contribution in [0, 0.1) is 17.1 Å². The summed E-state index contributed by atoms with van der Waals surface area (Å²) in [4.78, 5) is 4.16. The molecule has 1 aliphatic carbocycles. The summed E-state index contributed by atoms with van der Waals surface area (Å²) in [6.45, 7) is 2.99. The van der Waals surface area contributed by atoms with E-state index in [9.17, 15) is 23.5 Å². The predicted molar refractivity (Wildman–Crippen MR) is 107 cm³/mol. The third-order valence-corrected chi connectivity index (χ3v) is 5.11. The Labute approximate surface area is 171 Å². The molecule has 0 saturated heterocycles. The van der Waals surface area contributed by atoms with Crippen molar-refractivity contribution < 1.29 is 18.3 Å². The average Bonchev–Trinajstić information content (AvgIpc) is 3.11. The van der Waals surface area contributed by atoms with Crippen LogP contribution in [0.1, 0.15) is 31.4 Å². The summed E-state index contributed by atoms with van der Waals surface area (Å²) in [6.07, 6.45) is 4.57. The SMILES string of the molecule is CC(C)(O)c1ccn2c(-c3cccc(C4=C(C#N)CC(F)(F)C=C4)c3)cnc2c1F. The third-order valence-electron chi connectivity index (χ3n) is 5.11. The molecule has 0 radical (unpaired) electrons. The minimum atomic E-state index is -3.04. The molecule has 0 amide bonds. The van der Waals surface area contributed by atoms with Crippen LogP contribution in [0.5, 0.6) is 0 Å². The highest BCUT2D eigenvalue weighted by molar-refractivity contribution is 5.82. The van der Waals surface area contributed by atoms with Gasteiger partial charge in [-0.1, -0.05) is 24.3 Å². The van der Waals surface area contributed by atoms with Crippen molar-refractivity contribution in [2.75, 3.05) is 0 Å². The standard InChI is InChI=1S/C23H18F3N3O/c1-22(2,30)18-7-9-29-19(13-28-21(29)20(18)24)15-5-3-4-14(10-15)17-6-8-23(25,26)11-16(17)12-27/h3-10,13,30H,11H2,1-2H3. The van der Waals surface area contributed by atoms with E-state index < -0.39 is 23.8 Å². The lowest BCUT2D eigenvalue weighted by Gasteiger charge is -2.19. The van der Waals surface area contributed by atoms with Gasteiger partial charge in [0.05, 0.1) is 30.0 Å². The van der Waals surface area contributed by atoms with Crippen molar-refractivity contribution in [3.63, 3.8) is 0 Å². The number of benzene rings is 1. The summed E-state index contributed by atoms with van der Waals surface area (Å²) in [7, 11) is 0. The van der Waals surface area contributed by atoms with Gasteiger partial charge in [-0.2, -0.15) is 5.26 Å². The number of nitriles is 1. The summed E-state index contributed by atoms with van der Waals surface area (Å²) >= 11 is 0. The zero-order valence-corrected chi connectivity index (χ0v) is 16.3. The molecule has 2 aromatic heterocycles. The maximum Gasteiger partial charge on any atom is 0.271 e. The van der Waals surface area contributed by atoms with Crippen LogP contribution in [0.4, 0.5) is 13.2 Å². The van der Waals surface area contributed by atoms with Crippen LogP contribution in [0.3, 0.4) is 0 Å². The van der Waals surface area contributed by atoms with Crippen molar-refractivity contribution in [2.24, 2.45) is 0 Å². The lowest BCUT2D eigenvalue weighted by Crippen LogP contribution is -2.18. The lowest BCUT2D eigenvalue weighted by atomic mass is 9.90. The smallest absolute Gasteiger partial charge is 0.271 e. The molecule has 4 nitrogen and oxygen atoms in total. The van der Waals surface area contributed by atoms with Crippen molar-refractivity contribution in [1.29, 1.82) is 5.26 Å². The summed E-state index contributed by atoms with van der Waals surface area (Å²) < 4.78 is 43.7. The number of rotatable bonds is 3. The monoisotopic (exact) mass is 409 g/mol. The molecule has 0 spiro atoms. The Kier molecular flexibility index (Phi) is 4.55. The Morgan fingerprint density at radius 2 is 1.97 bits per heavy atom. The van der Waals surface area contributed by atoms with Gasteiger partial charge in [0, 0.05) is 22.9 Å². The Bertz CT molecular complexity index is 1260. The molecule has 2 heterocycles. The first-order chi connectivity index (χ1) is 14.1. The second-order valence-corrected chi connectivity index (χ2v) is 7.80. The minimum Gasteiger partial charge on any atom is -0.386 e. The van der Waals surface area contributed by atoms with E-state index in [4.69, 9.17) is 0 Å². The van der Waals surface area contributed by atoms with E-state index in [0.29, 0.717) is 22.4 Å². The van der Waals surface area contributed by atoms with E-state index in [1.807, 2.05) is 6.07 Å². The first-order valence-corrected chi connectivity index (χ1v) is 9.30. The number of pyridine rings is 1. The number of hydrogen-bond donors (Lipinski definition) is 1. The van der Waals surface area contributed by atoms with Crippen LogP contribution < -0.4 is 0 Å². The van der Waals surface area contributed by atoms with Crippen LogP contribution in [0.2, 0.25) is 0 Å². The van der Waals surface area contributed by atoms with Gasteiger partial charge in [0.25, 0.3) is 5.92 Å². The molecule has 0 fully saturated rings. The highest BCUT2D eigenvalue weighted by Gasteiger charge is 2.31. The van der Waals surface area contributed by atoms with Gasteiger partial charge in [-0.25, -0.2) is 18.2 Å². The number of allylic oxidation sites excluding steroid dienone is 4. The number of halogens is 3. The minimum absolute atomic E-state index is 0.0126. The van der Waals surface area contributed by atoms with Crippen LogP contribution in [0.15, 0.2) is 60.5 Å². The fourth-order valence-electron chi connectivity index (χ4n) is 3.61. The Hall–Kier alpha value is -3.37. The van der Waals surface area contributed by atoms with Gasteiger partial charge in [0.1, 0.15) is 0 Å². The lowest BCUT2D eigenvalue weighted by molar-refractivity contribution is 0.0559. The second kappa shape index (κ2) is 6.85. The molecule has 0 atom stereocenters. The molecule has 30 heavy (non-hydrogen) atoms. The van der Waals surface area contributed by atoms with Gasteiger partial charge < -0.3 is 5.11 Å². The van der Waals surface area contributed by atoms with Crippen molar-refractivity contribution in [1.82, 2.24) is 9.38 Å². The highest BCUT2D eigenvalue weighted by Crippen LogP contribution is 2.36. The van der Waals surface area contributed by atoms with Gasteiger partial charge in [0.2, 0.25) is 0 Å². The molecule has 0 bridgehead atoms. The zero-order chi connectivity index (χ0) is 21.7. The second-order valence-electron chi connectivity index (χ2n) is 7.80. The third kappa shape index (κ3) is 3.40. The van der Waals surface area contributed by atoms with Gasteiger partial charge in [-0.15, -0.1) is 0 Å². The van der Waals surface area contributed by atoms with Crippen molar-refractivity contribution in [2.45, 2.75) is 31.8 Å². The summed E-state index contributed by atoms with van der Waals surface area (Å²) in [6, 6.07) is 10.4. The van der Waals surface area contributed by atoms with Crippen LogP contribution in [-0.2, 0) is 5.60 Å². The molecule has 0 aliphatic heterocycles. The molecular weight excluding hydrogens is 391 g/mol. The molecule has 152 valence electrons. The van der Waals surface area contributed by atoms with Gasteiger partial charge >= 0.3 is 0 Å². The largest absolute Gasteiger partial charge is 0.386 e. The Balaban J connectivity index is 1.82. The van der Waals surface area contributed by atoms with Crippen molar-refractivity contribution in [3.05, 3.63) is 77.4 Å². The summed E-state index contributed by atoms with van der Waals surface area (Å²) in [5, 5.41) is 19.5. The van der Waals surface area contributed by atoms with E-state index >= 15 is 0 Å². The number of aromatic nitrogens is 2. The fourth-order valence-corrected chi connectivity index (χ4v) is 3.61. The number of aliphatic hydroxyl groups is 1. The molecule has 1 aromatic carbocycles. The first kappa shape index (κ1) is 19.9. The summed E-state index contributed by atoms with van der Waals surface area (Å²) in [5.41, 5.74) is 1.20. The average molecular weight is 409 g/mol. The number of nitrogens with zero attached hydrogens (tertiary/aromatic N) is 3.